The van der Waals surface area contributed by atoms with E-state index in [2.05, 4.69) is 75.6 Å². The molecule has 0 saturated carbocycles. The third-order valence-corrected chi connectivity index (χ3v) is 11.2. The van der Waals surface area contributed by atoms with Gasteiger partial charge in [-0.05, 0) is 110 Å². The van der Waals surface area contributed by atoms with Gasteiger partial charge in [-0.15, -0.1) is 59.5 Å². The number of thiophene rings is 1. The topological polar surface area (TPSA) is 138 Å². The van der Waals surface area contributed by atoms with Crippen molar-refractivity contribution in [2.45, 2.75) is 71.9 Å². The molecule has 0 aliphatic rings. The second kappa shape index (κ2) is 32.0. The zero-order valence-electron chi connectivity index (χ0n) is 39.1. The molecule has 0 aliphatic carbocycles. The normalized spacial score (nSPS) is 11.8. The molecular formula is C56H57AlIr2N3O6S-2. The predicted molar refractivity (Wildman–Crippen MR) is 274 cm³/mol. The minimum absolute atomic E-state index is 0. The van der Waals surface area contributed by atoms with Gasteiger partial charge in [0.15, 0.2) is 0 Å². The molecule has 9 nitrogen and oxygen atoms in total. The third-order valence-electron chi connectivity index (χ3n) is 9.40. The Hall–Kier alpha value is -4.96. The van der Waals surface area contributed by atoms with E-state index in [4.69, 9.17) is 28.0 Å². The number of hydrogen-bond donors (Lipinski definition) is 4. The van der Waals surface area contributed by atoms with E-state index < -0.39 is 15.9 Å². The largest absolute Gasteiger partial charge is 0.881 e. The number of fused-ring (bicyclic) bond motifs is 2. The Morgan fingerprint density at radius 2 is 1.14 bits per heavy atom. The summed E-state index contributed by atoms with van der Waals surface area (Å²) in [6.07, 6.45) is 3.05. The van der Waals surface area contributed by atoms with Gasteiger partial charge in [0, 0.05) is 69.4 Å². The summed E-state index contributed by atoms with van der Waals surface area (Å²) < 4.78 is 13.0. The van der Waals surface area contributed by atoms with Gasteiger partial charge in [0.1, 0.15) is 11.3 Å². The van der Waals surface area contributed by atoms with E-state index in [1.54, 1.807) is 45.2 Å². The molecule has 9 rings (SSSR count). The van der Waals surface area contributed by atoms with E-state index in [1.807, 2.05) is 134 Å². The molecule has 0 amide bonds. The summed E-state index contributed by atoms with van der Waals surface area (Å²) in [5, 5.41) is 36.5. The van der Waals surface area contributed by atoms with Crippen molar-refractivity contribution in [2.75, 3.05) is 0 Å². The van der Waals surface area contributed by atoms with E-state index in [9.17, 15) is 0 Å². The van der Waals surface area contributed by atoms with Crippen LogP contribution in [-0.4, -0.2) is 75.7 Å². The molecule has 0 saturated heterocycles. The van der Waals surface area contributed by atoms with Gasteiger partial charge >= 0.3 is 15.9 Å². The van der Waals surface area contributed by atoms with Gasteiger partial charge in [0.2, 0.25) is 0 Å². The van der Waals surface area contributed by atoms with Gasteiger partial charge in [-0.25, -0.2) is 16.3 Å². The number of aliphatic hydroxyl groups is 4. The Morgan fingerprint density at radius 3 is 1.71 bits per heavy atom. The van der Waals surface area contributed by atoms with Crippen LogP contribution in [0.2, 0.25) is 0 Å². The van der Waals surface area contributed by atoms with Gasteiger partial charge < -0.3 is 38.0 Å². The fourth-order valence-corrected chi connectivity index (χ4v) is 7.98. The van der Waals surface area contributed by atoms with Gasteiger partial charge in [-0.3, -0.25) is 0 Å². The third kappa shape index (κ3) is 21.3. The van der Waals surface area contributed by atoms with E-state index in [1.165, 1.54) is 21.2 Å². The Labute approximate surface area is 444 Å². The fraction of sp³-hybridized carbons (Fsp3) is 0.196. The Morgan fingerprint density at radius 1 is 0.565 bits per heavy atom. The maximum Gasteiger partial charge on any atom is 0.881 e. The van der Waals surface area contributed by atoms with Crippen LogP contribution in [0.1, 0.15) is 46.2 Å². The molecule has 4 N–H and O–H groups in total. The Balaban J connectivity index is 0.000000250. The minimum Gasteiger partial charge on any atom is -0.616 e. The summed E-state index contributed by atoms with van der Waals surface area (Å²) in [7, 11) is 0. The minimum atomic E-state index is -0.665. The average molecular weight is 1310 g/mol. The zero-order chi connectivity index (χ0) is 47.8. The van der Waals surface area contributed by atoms with Gasteiger partial charge in [0.25, 0.3) is 0 Å². The predicted octanol–water partition coefficient (Wildman–Crippen LogP) is 11.8. The standard InChI is InChI=1S/C13H8NS.C12H10O.C11H8N.C10H9NO.2C5H12O2.Al.2Ir/c1-2-7-12-10(5-1)9-13(15-12)11-6-3-4-8-14-11;13-12-8-6-11(7-9-12)10-4-2-1-3-5-10;1-2-6-10(7-3-1)11-8-4-5-9-12-11;1-7-5-6-8-3-2-4-9(12)10(8)11-7;2*1-4(6)3-5(2)7;;;/h1-8H;1-9,13H;1-6,8-9H;2-6,12H,1H3;2*4-7H,3H2,1-2H3;;;/q-1;;-1;;;;+2;;/p-2. The smallest absolute Gasteiger partial charge is 0.616 e. The van der Waals surface area contributed by atoms with Crippen molar-refractivity contribution in [3.05, 3.63) is 200 Å². The van der Waals surface area contributed by atoms with Crippen molar-refractivity contribution in [1.29, 1.82) is 0 Å². The number of aromatic nitrogens is 3. The molecule has 4 aromatic heterocycles. The Bertz CT molecular complexity index is 2660. The average Bonchev–Trinajstić information content (AvgIpc) is 3.78. The first-order chi connectivity index (χ1) is 32.4. The van der Waals surface area contributed by atoms with Crippen molar-refractivity contribution in [3.63, 3.8) is 0 Å². The first-order valence-electron chi connectivity index (χ1n) is 22.0. The molecule has 0 bridgehead atoms. The SMILES string of the molecule is CC(O)CC(C)O.CC(O)CC(C)O.Cc1ccc2cccc([O][Al][O]c3ccc(-c4ccccc4)cc3)c2n1.[Ir].[Ir].[c-]1c(-c2ccccn2)sc2ccccc12.[c-]1ccccc1-c1ccccn1. The van der Waals surface area contributed by atoms with Crippen LogP contribution in [0.15, 0.2) is 182 Å². The first-order valence-corrected chi connectivity index (χ1v) is 23.8. The summed E-state index contributed by atoms with van der Waals surface area (Å²) in [4.78, 5) is 14.2. The summed E-state index contributed by atoms with van der Waals surface area (Å²) in [6, 6.07) is 62.8. The van der Waals surface area contributed by atoms with Crippen molar-refractivity contribution < 1.29 is 68.2 Å². The summed E-state index contributed by atoms with van der Waals surface area (Å²) in [5.74, 6) is 1.58. The number of para-hydroxylation sites is 1. The van der Waals surface area contributed by atoms with Crippen molar-refractivity contribution in [3.8, 4) is 44.5 Å². The number of rotatable bonds is 11. The van der Waals surface area contributed by atoms with Gasteiger partial charge in [-0.1, -0.05) is 97.1 Å². The summed E-state index contributed by atoms with van der Waals surface area (Å²) >= 11 is 1.07. The van der Waals surface area contributed by atoms with Crippen molar-refractivity contribution in [2.24, 2.45) is 0 Å². The number of nitrogens with zero attached hydrogens (tertiary/aromatic N) is 3. The fourth-order valence-electron chi connectivity index (χ4n) is 6.39. The molecule has 5 aromatic carbocycles. The first kappa shape index (κ1) is 58.4. The molecule has 9 aromatic rings. The molecule has 0 fully saturated rings. The van der Waals surface area contributed by atoms with Crippen LogP contribution in [0, 0.1) is 19.1 Å². The zero-order valence-corrected chi connectivity index (χ0v) is 45.9. The van der Waals surface area contributed by atoms with Crippen LogP contribution < -0.4 is 7.58 Å². The molecule has 361 valence electrons. The maximum atomic E-state index is 8.56. The molecule has 4 atom stereocenters. The molecular weight excluding hydrogens is 1250 g/mol. The number of pyridine rings is 3. The van der Waals surface area contributed by atoms with E-state index >= 15 is 0 Å². The van der Waals surface area contributed by atoms with Crippen LogP contribution in [-0.2, 0) is 40.2 Å². The molecule has 69 heavy (non-hydrogen) atoms. The Kier molecular flexibility index (Phi) is 27.1. The van der Waals surface area contributed by atoms with Crippen molar-refractivity contribution >= 4 is 48.2 Å². The molecule has 0 aliphatic heterocycles. The number of aryl methyl sites for hydroxylation is 1. The number of aliphatic hydroxyl groups excluding tert-OH is 4. The monoisotopic (exact) mass is 1310 g/mol. The van der Waals surface area contributed by atoms with Gasteiger partial charge in [-0.2, -0.15) is 0 Å². The van der Waals surface area contributed by atoms with E-state index in [0.29, 0.717) is 12.8 Å². The van der Waals surface area contributed by atoms with E-state index in [-0.39, 0.29) is 64.6 Å². The molecule has 4 heterocycles. The van der Waals surface area contributed by atoms with Crippen LogP contribution >= 0.6 is 11.3 Å². The maximum absolute atomic E-state index is 8.56. The van der Waals surface area contributed by atoms with Gasteiger partial charge in [0.05, 0.1) is 30.2 Å². The van der Waals surface area contributed by atoms with Crippen LogP contribution in [0.3, 0.4) is 0 Å². The summed E-state index contributed by atoms with van der Waals surface area (Å²) in [5.41, 5.74) is 7.22. The van der Waals surface area contributed by atoms with E-state index in [0.717, 1.165) is 49.9 Å². The molecule has 3 radical (unpaired) electrons. The van der Waals surface area contributed by atoms with Crippen LogP contribution in [0.4, 0.5) is 0 Å². The van der Waals surface area contributed by atoms with Crippen LogP contribution in [0.5, 0.6) is 11.5 Å². The van der Waals surface area contributed by atoms with Crippen LogP contribution in [0.25, 0.3) is 53.9 Å². The molecule has 4 unspecified atom stereocenters. The summed E-state index contributed by atoms with van der Waals surface area (Å²) in [6.45, 7) is 8.62. The molecule has 13 heteroatoms. The second-order valence-electron chi connectivity index (χ2n) is 15.6. The van der Waals surface area contributed by atoms with Crippen molar-refractivity contribution in [1.82, 2.24) is 15.0 Å². The number of hydrogen-bond acceptors (Lipinski definition) is 10. The molecule has 0 spiro atoms. The second-order valence-corrected chi connectivity index (χ2v) is 17.3. The number of benzene rings is 5. The quantitative estimate of drug-likeness (QED) is 0.0737.